The molecule has 0 aromatic carbocycles. The van der Waals surface area contributed by atoms with Crippen LogP contribution in [0.2, 0.25) is 0 Å². The van der Waals surface area contributed by atoms with Crippen LogP contribution in [0.5, 0.6) is 0 Å². The van der Waals surface area contributed by atoms with Crippen LogP contribution in [0.1, 0.15) is 19.8 Å². The molecule has 0 radical (unpaired) electrons. The molecule has 3 saturated carbocycles. The molecule has 0 amide bonds. The Hall–Kier alpha value is -0.590. The fourth-order valence-electron chi connectivity index (χ4n) is 4.82. The van der Waals surface area contributed by atoms with Gasteiger partial charge in [-0.15, -0.1) is 0 Å². The van der Waals surface area contributed by atoms with Gasteiger partial charge in [0.2, 0.25) is 0 Å². The van der Waals surface area contributed by atoms with Crippen LogP contribution in [0.4, 0.5) is 0 Å². The van der Waals surface area contributed by atoms with E-state index in [0.29, 0.717) is 5.78 Å². The second kappa shape index (κ2) is 1.65. The maximum atomic E-state index is 11.8. The van der Waals surface area contributed by atoms with E-state index in [4.69, 9.17) is 0 Å². The van der Waals surface area contributed by atoms with Crippen LogP contribution in [0, 0.1) is 35.0 Å². The zero-order valence-corrected chi connectivity index (χ0v) is 7.86. The van der Waals surface area contributed by atoms with E-state index in [1.807, 2.05) is 0 Å². The van der Waals surface area contributed by atoms with E-state index in [0.717, 1.165) is 36.0 Å². The van der Waals surface area contributed by atoms with Gasteiger partial charge in [0.05, 0.1) is 0 Å². The molecule has 1 heteroatoms. The molecular formula is C12H14O. The molecule has 0 aliphatic heterocycles. The number of Topliss-reactive ketones (excluding diaryl/α,β-unsaturated/α-hetero) is 1. The molecule has 3 fully saturated rings. The number of fused-ring (bicyclic) bond motifs is 4. The van der Waals surface area contributed by atoms with Crippen LogP contribution >= 0.6 is 0 Å². The monoisotopic (exact) mass is 174 g/mol. The van der Waals surface area contributed by atoms with Crippen molar-refractivity contribution in [2.45, 2.75) is 19.8 Å². The minimum atomic E-state index is 0.139. The summed E-state index contributed by atoms with van der Waals surface area (Å²) >= 11 is 0. The standard InChI is InChI=1S/C12H14O/c1-12-9(13)5-8-6-3-2-4-7(6)10(12)11(8)12/h2,4,6-8,10-11H,3,5H2,1H3/t6-,7+,8+,10?,11+,12?/m0/s1. The zero-order chi connectivity index (χ0) is 8.79. The third-order valence-electron chi connectivity index (χ3n) is 5.37. The Bertz CT molecular complexity index is 343. The van der Waals surface area contributed by atoms with Crippen molar-refractivity contribution in [1.29, 1.82) is 0 Å². The van der Waals surface area contributed by atoms with Crippen molar-refractivity contribution in [3.63, 3.8) is 0 Å². The zero-order valence-electron chi connectivity index (χ0n) is 7.86. The molecule has 0 spiro atoms. The van der Waals surface area contributed by atoms with E-state index in [2.05, 4.69) is 19.1 Å². The Kier molecular flexibility index (Phi) is 0.861. The Labute approximate surface area is 78.2 Å². The molecular weight excluding hydrogens is 160 g/mol. The third-order valence-corrected chi connectivity index (χ3v) is 5.37. The van der Waals surface area contributed by atoms with Gasteiger partial charge < -0.3 is 0 Å². The van der Waals surface area contributed by atoms with Crippen LogP contribution in [0.15, 0.2) is 12.2 Å². The van der Waals surface area contributed by atoms with Gasteiger partial charge in [-0.25, -0.2) is 0 Å². The highest BCUT2D eigenvalue weighted by Crippen LogP contribution is 2.79. The van der Waals surface area contributed by atoms with Gasteiger partial charge in [0.25, 0.3) is 0 Å². The number of rotatable bonds is 0. The first-order valence-electron chi connectivity index (χ1n) is 5.44. The summed E-state index contributed by atoms with van der Waals surface area (Å²) in [5.74, 6) is 4.53. The molecule has 0 N–H and O–H groups in total. The van der Waals surface area contributed by atoms with Gasteiger partial charge in [-0.2, -0.15) is 0 Å². The smallest absolute Gasteiger partial charge is 0.139 e. The highest BCUT2D eigenvalue weighted by atomic mass is 16.1. The van der Waals surface area contributed by atoms with Crippen LogP contribution in [0.3, 0.4) is 0 Å². The van der Waals surface area contributed by atoms with Crippen molar-refractivity contribution < 1.29 is 4.79 Å². The lowest BCUT2D eigenvalue weighted by Crippen LogP contribution is -2.16. The predicted molar refractivity (Wildman–Crippen MR) is 48.9 cm³/mol. The molecule has 0 saturated heterocycles. The molecule has 13 heavy (non-hydrogen) atoms. The first-order chi connectivity index (χ1) is 6.24. The van der Waals surface area contributed by atoms with Gasteiger partial charge in [0.15, 0.2) is 0 Å². The van der Waals surface area contributed by atoms with Crippen molar-refractivity contribution in [2.24, 2.45) is 35.0 Å². The topological polar surface area (TPSA) is 17.1 Å². The lowest BCUT2D eigenvalue weighted by atomic mass is 9.85. The highest BCUT2D eigenvalue weighted by molar-refractivity contribution is 5.92. The van der Waals surface area contributed by atoms with Crippen molar-refractivity contribution in [3.05, 3.63) is 12.2 Å². The van der Waals surface area contributed by atoms with E-state index < -0.39 is 0 Å². The molecule has 4 rings (SSSR count). The fraction of sp³-hybridized carbons (Fsp3) is 0.750. The first-order valence-corrected chi connectivity index (χ1v) is 5.44. The van der Waals surface area contributed by atoms with Gasteiger partial charge in [-0.1, -0.05) is 19.1 Å². The van der Waals surface area contributed by atoms with Crippen molar-refractivity contribution in [2.75, 3.05) is 0 Å². The summed E-state index contributed by atoms with van der Waals surface area (Å²) in [6.07, 6.45) is 6.89. The first kappa shape index (κ1) is 6.80. The molecule has 4 aliphatic rings. The van der Waals surface area contributed by atoms with Crippen LogP contribution in [0.25, 0.3) is 0 Å². The molecule has 4 aliphatic carbocycles. The van der Waals surface area contributed by atoms with Gasteiger partial charge >= 0.3 is 0 Å². The molecule has 0 bridgehead atoms. The molecule has 0 aromatic rings. The van der Waals surface area contributed by atoms with Gasteiger partial charge in [0, 0.05) is 11.8 Å². The Balaban J connectivity index is 1.86. The van der Waals surface area contributed by atoms with E-state index in [9.17, 15) is 4.79 Å². The van der Waals surface area contributed by atoms with Crippen molar-refractivity contribution in [3.8, 4) is 0 Å². The molecule has 1 nitrogen and oxygen atoms in total. The maximum Gasteiger partial charge on any atom is 0.139 e. The number of hydrogen-bond donors (Lipinski definition) is 0. The quantitative estimate of drug-likeness (QED) is 0.513. The molecule has 0 heterocycles. The Morgan fingerprint density at radius 1 is 1.38 bits per heavy atom. The van der Waals surface area contributed by atoms with Crippen LogP contribution in [-0.2, 0) is 4.79 Å². The summed E-state index contributed by atoms with van der Waals surface area (Å²) in [6, 6.07) is 0. The molecule has 0 aromatic heterocycles. The minimum Gasteiger partial charge on any atom is -0.299 e. The van der Waals surface area contributed by atoms with Crippen molar-refractivity contribution >= 4 is 5.78 Å². The summed E-state index contributed by atoms with van der Waals surface area (Å²) < 4.78 is 0. The lowest BCUT2D eigenvalue weighted by Gasteiger charge is -2.19. The van der Waals surface area contributed by atoms with Gasteiger partial charge in [-0.05, 0) is 36.0 Å². The SMILES string of the molecule is CC12C(=O)C[C@@H]3[C@H]4CC=C[C@H]4C1[C@@H]32. The maximum absolute atomic E-state index is 11.8. The number of hydrogen-bond acceptors (Lipinski definition) is 1. The number of carbonyl (C=O) groups is 1. The average molecular weight is 174 g/mol. The second-order valence-electron chi connectivity index (χ2n) is 5.53. The van der Waals surface area contributed by atoms with E-state index >= 15 is 0 Å². The molecule has 68 valence electrons. The van der Waals surface area contributed by atoms with Crippen LogP contribution in [-0.4, -0.2) is 5.78 Å². The Morgan fingerprint density at radius 3 is 3.08 bits per heavy atom. The number of allylic oxidation sites excluding steroid dienone is 2. The normalized spacial score (nSPS) is 65.6. The van der Waals surface area contributed by atoms with E-state index in [-0.39, 0.29) is 5.41 Å². The van der Waals surface area contributed by atoms with E-state index in [1.165, 1.54) is 6.42 Å². The molecule has 6 atom stereocenters. The summed E-state index contributed by atoms with van der Waals surface area (Å²) in [5.41, 5.74) is 0.139. The largest absolute Gasteiger partial charge is 0.299 e. The van der Waals surface area contributed by atoms with E-state index in [1.54, 1.807) is 0 Å². The number of carbonyl (C=O) groups excluding carboxylic acids is 1. The van der Waals surface area contributed by atoms with Crippen molar-refractivity contribution in [1.82, 2.24) is 0 Å². The Morgan fingerprint density at radius 2 is 2.23 bits per heavy atom. The predicted octanol–water partition coefficient (Wildman–Crippen LogP) is 2.03. The van der Waals surface area contributed by atoms with Crippen LogP contribution < -0.4 is 0 Å². The average Bonchev–Trinajstić information content (AvgIpc) is 2.51. The summed E-state index contributed by atoms with van der Waals surface area (Å²) in [4.78, 5) is 11.8. The minimum absolute atomic E-state index is 0.139. The number of ketones is 1. The summed E-state index contributed by atoms with van der Waals surface area (Å²) in [5, 5.41) is 0. The fourth-order valence-corrected chi connectivity index (χ4v) is 4.82. The molecule has 2 unspecified atom stereocenters. The summed E-state index contributed by atoms with van der Waals surface area (Å²) in [7, 11) is 0. The lowest BCUT2D eigenvalue weighted by molar-refractivity contribution is -0.122. The van der Waals surface area contributed by atoms with Gasteiger partial charge in [0.1, 0.15) is 5.78 Å². The third kappa shape index (κ3) is 0.490. The van der Waals surface area contributed by atoms with Gasteiger partial charge in [-0.3, -0.25) is 4.79 Å². The summed E-state index contributed by atoms with van der Waals surface area (Å²) in [6.45, 7) is 2.22. The second-order valence-corrected chi connectivity index (χ2v) is 5.53. The highest BCUT2D eigenvalue weighted by Gasteiger charge is 2.79.